The van der Waals surface area contributed by atoms with Gasteiger partial charge in [-0.1, -0.05) is 59.1 Å². The Morgan fingerprint density at radius 2 is 1.47 bits per heavy atom. The average Bonchev–Trinajstić information content (AvgIpc) is 2.68. The van der Waals surface area contributed by atoms with E-state index in [2.05, 4.69) is 19.7 Å². The molecule has 1 heteroatoms. The largest absolute Gasteiger partial charge is 0.294 e. The first-order chi connectivity index (χ1) is 8.17. The summed E-state index contributed by atoms with van der Waals surface area (Å²) in [4.78, 5) is 11.0. The molecule has 0 atom stereocenters. The van der Waals surface area contributed by atoms with E-state index >= 15 is 0 Å². The second kappa shape index (κ2) is 17.0. The SMILES string of the molecule is C=C/C=C1\C(=C)CCC1=O.C=CC.CC.CC. The lowest BCUT2D eigenvalue weighted by atomic mass is 10.1. The maximum absolute atomic E-state index is 11.0. The van der Waals surface area contributed by atoms with Crippen LogP contribution < -0.4 is 0 Å². The van der Waals surface area contributed by atoms with E-state index in [1.165, 1.54) is 0 Å². The number of hydrogen-bond acceptors (Lipinski definition) is 1. The zero-order chi connectivity index (χ0) is 14.3. The molecule has 17 heavy (non-hydrogen) atoms. The Bertz CT molecular complexity index is 239. The van der Waals surface area contributed by atoms with E-state index in [9.17, 15) is 4.79 Å². The first-order valence-corrected chi connectivity index (χ1v) is 6.28. The molecule has 0 aliphatic heterocycles. The summed E-state index contributed by atoms with van der Waals surface area (Å²) in [6, 6.07) is 0. The van der Waals surface area contributed by atoms with Crippen molar-refractivity contribution in [3.05, 3.63) is 49.1 Å². The standard InChI is InChI=1S/C9H10O.C3H6.2C2H6/c1-3-4-8-7(2)5-6-9(8)10;1-3-2;2*1-2/h3-4H,1-2,5-6H2;3H,1H2,2H3;2*1-2H3/b8-4+;;;. The van der Waals surface area contributed by atoms with E-state index in [1.807, 2.05) is 34.6 Å². The Balaban J connectivity index is -0.000000239. The Morgan fingerprint density at radius 3 is 1.71 bits per heavy atom. The lowest BCUT2D eigenvalue weighted by Crippen LogP contribution is -1.90. The van der Waals surface area contributed by atoms with E-state index < -0.39 is 0 Å². The third kappa shape index (κ3) is 10.9. The van der Waals surface area contributed by atoms with Gasteiger partial charge in [-0.15, -0.1) is 6.58 Å². The molecule has 1 aliphatic rings. The van der Waals surface area contributed by atoms with E-state index in [0.29, 0.717) is 6.42 Å². The molecule has 0 bridgehead atoms. The van der Waals surface area contributed by atoms with Crippen molar-refractivity contribution in [3.8, 4) is 0 Å². The summed E-state index contributed by atoms with van der Waals surface area (Å²) in [5.41, 5.74) is 1.71. The van der Waals surface area contributed by atoms with Crippen LogP contribution in [0.5, 0.6) is 0 Å². The van der Waals surface area contributed by atoms with Gasteiger partial charge in [-0.2, -0.15) is 0 Å². The summed E-state index contributed by atoms with van der Waals surface area (Å²) in [7, 11) is 0. The maximum Gasteiger partial charge on any atom is 0.163 e. The van der Waals surface area contributed by atoms with E-state index in [4.69, 9.17) is 0 Å². The van der Waals surface area contributed by atoms with Gasteiger partial charge in [-0.3, -0.25) is 4.79 Å². The molecular formula is C16H28O. The van der Waals surface area contributed by atoms with Crippen molar-refractivity contribution in [1.82, 2.24) is 0 Å². The number of carbonyl (C=O) groups is 1. The third-order valence-electron chi connectivity index (χ3n) is 1.62. The van der Waals surface area contributed by atoms with Crippen molar-refractivity contribution >= 4 is 5.78 Å². The summed E-state index contributed by atoms with van der Waals surface area (Å²) in [6.07, 6.45) is 6.55. The average molecular weight is 236 g/mol. The second-order valence-electron chi connectivity index (χ2n) is 2.75. The van der Waals surface area contributed by atoms with Crippen LogP contribution >= 0.6 is 0 Å². The van der Waals surface area contributed by atoms with Crippen LogP contribution in [0.2, 0.25) is 0 Å². The summed E-state index contributed by atoms with van der Waals surface area (Å²) in [5, 5.41) is 0. The highest BCUT2D eigenvalue weighted by atomic mass is 16.1. The lowest BCUT2D eigenvalue weighted by molar-refractivity contribution is -0.114. The highest BCUT2D eigenvalue weighted by Crippen LogP contribution is 2.25. The number of allylic oxidation sites excluding steroid dienone is 5. The van der Waals surface area contributed by atoms with Crippen LogP contribution in [-0.4, -0.2) is 5.78 Å². The fourth-order valence-electron chi connectivity index (χ4n) is 1.06. The molecule has 0 aromatic heterocycles. The predicted octanol–water partition coefficient (Wildman–Crippen LogP) is 5.26. The molecule has 0 amide bonds. The van der Waals surface area contributed by atoms with Crippen LogP contribution in [-0.2, 0) is 4.79 Å². The van der Waals surface area contributed by atoms with E-state index in [0.717, 1.165) is 17.6 Å². The van der Waals surface area contributed by atoms with Gasteiger partial charge in [0.2, 0.25) is 0 Å². The van der Waals surface area contributed by atoms with Gasteiger partial charge in [0, 0.05) is 12.0 Å². The quantitative estimate of drug-likeness (QED) is 0.448. The van der Waals surface area contributed by atoms with Crippen molar-refractivity contribution in [3.63, 3.8) is 0 Å². The van der Waals surface area contributed by atoms with Gasteiger partial charge >= 0.3 is 0 Å². The van der Waals surface area contributed by atoms with Gasteiger partial charge in [-0.05, 0) is 18.9 Å². The summed E-state index contributed by atoms with van der Waals surface area (Å²) in [5.74, 6) is 0.199. The fourth-order valence-corrected chi connectivity index (χ4v) is 1.06. The Hall–Kier alpha value is -1.37. The minimum atomic E-state index is 0.199. The first kappa shape index (κ1) is 21.0. The molecule has 1 fully saturated rings. The predicted molar refractivity (Wildman–Crippen MR) is 80.2 cm³/mol. The Morgan fingerprint density at radius 1 is 1.06 bits per heavy atom. The van der Waals surface area contributed by atoms with Crippen LogP contribution in [0, 0.1) is 0 Å². The smallest absolute Gasteiger partial charge is 0.163 e. The van der Waals surface area contributed by atoms with Crippen molar-refractivity contribution in [2.24, 2.45) is 0 Å². The molecule has 0 aromatic rings. The lowest BCUT2D eigenvalue weighted by Gasteiger charge is -1.91. The molecule has 0 radical (unpaired) electrons. The van der Waals surface area contributed by atoms with E-state index in [-0.39, 0.29) is 5.78 Å². The Kier molecular flexibility index (Phi) is 21.0. The number of rotatable bonds is 1. The molecule has 1 rings (SSSR count). The van der Waals surface area contributed by atoms with Crippen LogP contribution in [0.15, 0.2) is 49.1 Å². The van der Waals surface area contributed by atoms with Gasteiger partial charge in [0.1, 0.15) is 0 Å². The molecule has 1 nitrogen and oxygen atoms in total. The minimum absolute atomic E-state index is 0.199. The molecule has 0 unspecified atom stereocenters. The molecule has 0 spiro atoms. The highest BCUT2D eigenvalue weighted by molar-refractivity contribution is 6.02. The molecule has 1 saturated carbocycles. The number of hydrogen-bond donors (Lipinski definition) is 0. The zero-order valence-corrected chi connectivity index (χ0v) is 12.2. The Labute approximate surface area is 108 Å². The molecular weight excluding hydrogens is 208 g/mol. The van der Waals surface area contributed by atoms with Gasteiger partial charge < -0.3 is 0 Å². The van der Waals surface area contributed by atoms with Crippen LogP contribution in [0.3, 0.4) is 0 Å². The second-order valence-corrected chi connectivity index (χ2v) is 2.75. The van der Waals surface area contributed by atoms with Gasteiger partial charge in [-0.25, -0.2) is 0 Å². The van der Waals surface area contributed by atoms with Crippen molar-refractivity contribution in [2.75, 3.05) is 0 Å². The van der Waals surface area contributed by atoms with Gasteiger partial charge in [0.15, 0.2) is 5.78 Å². The molecule has 0 aromatic carbocycles. The van der Waals surface area contributed by atoms with Gasteiger partial charge in [0.05, 0.1) is 0 Å². The first-order valence-electron chi connectivity index (χ1n) is 6.28. The normalized spacial score (nSPS) is 14.5. The zero-order valence-electron chi connectivity index (χ0n) is 12.2. The molecule has 0 heterocycles. The van der Waals surface area contributed by atoms with Crippen molar-refractivity contribution in [2.45, 2.75) is 47.5 Å². The topological polar surface area (TPSA) is 17.1 Å². The summed E-state index contributed by atoms with van der Waals surface area (Å²) < 4.78 is 0. The molecule has 0 N–H and O–H groups in total. The third-order valence-corrected chi connectivity index (χ3v) is 1.62. The highest BCUT2D eigenvalue weighted by Gasteiger charge is 2.19. The van der Waals surface area contributed by atoms with Crippen molar-refractivity contribution < 1.29 is 4.79 Å². The minimum Gasteiger partial charge on any atom is -0.294 e. The van der Waals surface area contributed by atoms with E-state index in [1.54, 1.807) is 18.2 Å². The van der Waals surface area contributed by atoms with Crippen molar-refractivity contribution in [1.29, 1.82) is 0 Å². The molecule has 1 aliphatic carbocycles. The summed E-state index contributed by atoms with van der Waals surface area (Å²) >= 11 is 0. The molecule has 0 saturated heterocycles. The van der Waals surface area contributed by atoms with Gasteiger partial charge in [0.25, 0.3) is 0 Å². The summed E-state index contributed by atoms with van der Waals surface area (Å²) in [6.45, 7) is 20.5. The maximum atomic E-state index is 11.0. The fraction of sp³-hybridized carbons (Fsp3) is 0.438. The monoisotopic (exact) mass is 236 g/mol. The van der Waals surface area contributed by atoms with Crippen LogP contribution in [0.25, 0.3) is 0 Å². The number of Topliss-reactive ketones (excluding diaryl/α,β-unsaturated/α-hetero) is 1. The molecule has 98 valence electrons. The van der Waals surface area contributed by atoms with Crippen LogP contribution in [0.4, 0.5) is 0 Å². The number of carbonyl (C=O) groups excluding carboxylic acids is 1. The number of ketones is 1. The van der Waals surface area contributed by atoms with Crippen LogP contribution in [0.1, 0.15) is 47.5 Å².